The number of anilines is 2. The first-order chi connectivity index (χ1) is 10.3. The molecule has 2 aromatic carbocycles. The normalized spacial score (nSPS) is 19.3. The van der Waals surface area contributed by atoms with E-state index in [0.717, 1.165) is 23.2 Å². The maximum absolute atomic E-state index is 11.8. The Morgan fingerprint density at radius 2 is 1.62 bits per heavy atom. The van der Waals surface area contributed by atoms with Crippen LogP contribution in [0, 0.1) is 0 Å². The summed E-state index contributed by atoms with van der Waals surface area (Å²) in [6, 6.07) is 17.0. The average molecular weight is 283 g/mol. The van der Waals surface area contributed by atoms with Gasteiger partial charge in [-0.2, -0.15) is 0 Å². The third-order valence-corrected chi connectivity index (χ3v) is 3.98. The van der Waals surface area contributed by atoms with Gasteiger partial charge in [0.25, 0.3) is 0 Å². The monoisotopic (exact) mass is 283 g/mol. The summed E-state index contributed by atoms with van der Waals surface area (Å²) in [6.45, 7) is 0. The second-order valence-electron chi connectivity index (χ2n) is 4.88. The first-order valence-electron chi connectivity index (χ1n) is 6.78. The number of nitrogens with zero attached hydrogens (tertiary/aromatic N) is 1. The quantitative estimate of drug-likeness (QED) is 0.639. The van der Waals surface area contributed by atoms with Crippen molar-refractivity contribution >= 4 is 17.7 Å². The van der Waals surface area contributed by atoms with Crippen molar-refractivity contribution in [3.63, 3.8) is 0 Å². The Morgan fingerprint density at radius 1 is 1.00 bits per heavy atom. The van der Waals surface area contributed by atoms with Crippen molar-refractivity contribution in [2.24, 2.45) is 0 Å². The van der Waals surface area contributed by atoms with Crippen molar-refractivity contribution < 1.29 is 14.3 Å². The van der Waals surface area contributed by atoms with Crippen LogP contribution in [0.5, 0.6) is 0 Å². The molecule has 1 aliphatic rings. The molecule has 2 aromatic rings. The molecule has 0 radical (unpaired) electrons. The molecule has 1 atom stereocenters. The molecule has 1 unspecified atom stereocenters. The van der Waals surface area contributed by atoms with Crippen LogP contribution in [0.4, 0.5) is 11.4 Å². The van der Waals surface area contributed by atoms with E-state index in [2.05, 4.69) is 0 Å². The molecule has 0 saturated carbocycles. The van der Waals surface area contributed by atoms with Crippen molar-refractivity contribution in [3.8, 4) is 0 Å². The fourth-order valence-corrected chi connectivity index (χ4v) is 3.04. The van der Waals surface area contributed by atoms with Crippen molar-refractivity contribution in [1.82, 2.24) is 0 Å². The molecule has 1 heterocycles. The standard InChI is InChI=1S/C17H17NO3/c1-20-17(21-2)14-10-6-7-11-15(14)18(16(17)12-19)13-8-4-3-5-9-13/h3-12,16H,1-2H3. The smallest absolute Gasteiger partial charge is 0.224 e. The Kier molecular flexibility index (Phi) is 3.49. The largest absolute Gasteiger partial charge is 0.347 e. The molecule has 0 spiro atoms. The molecule has 0 amide bonds. The summed E-state index contributed by atoms with van der Waals surface area (Å²) < 4.78 is 11.3. The van der Waals surface area contributed by atoms with Gasteiger partial charge in [0.05, 0.1) is 5.69 Å². The van der Waals surface area contributed by atoms with E-state index in [1.54, 1.807) is 14.2 Å². The lowest BCUT2D eigenvalue weighted by molar-refractivity contribution is -0.218. The second kappa shape index (κ2) is 5.31. The number of para-hydroxylation sites is 2. The summed E-state index contributed by atoms with van der Waals surface area (Å²) in [5.74, 6) is -1.09. The van der Waals surface area contributed by atoms with Gasteiger partial charge in [0.15, 0.2) is 0 Å². The molecule has 0 saturated heterocycles. The first kappa shape index (κ1) is 13.8. The summed E-state index contributed by atoms with van der Waals surface area (Å²) >= 11 is 0. The molecule has 108 valence electrons. The lowest BCUT2D eigenvalue weighted by Crippen LogP contribution is -2.47. The molecule has 3 rings (SSSR count). The van der Waals surface area contributed by atoms with Crippen molar-refractivity contribution in [2.75, 3.05) is 19.1 Å². The molecule has 0 aliphatic carbocycles. The van der Waals surface area contributed by atoms with Gasteiger partial charge in [0, 0.05) is 25.5 Å². The summed E-state index contributed by atoms with van der Waals surface area (Å²) in [6.07, 6.45) is 0.875. The summed E-state index contributed by atoms with van der Waals surface area (Å²) in [4.78, 5) is 13.7. The number of carbonyl (C=O) groups is 1. The SMILES string of the molecule is COC1(OC)c2ccccc2N(c2ccccc2)C1C=O. The van der Waals surface area contributed by atoms with E-state index in [1.807, 2.05) is 59.5 Å². The Balaban J connectivity index is 2.24. The van der Waals surface area contributed by atoms with Gasteiger partial charge in [-0.25, -0.2) is 0 Å². The van der Waals surface area contributed by atoms with Crippen LogP contribution in [0.2, 0.25) is 0 Å². The van der Waals surface area contributed by atoms with Gasteiger partial charge in [-0.1, -0.05) is 36.4 Å². The van der Waals surface area contributed by atoms with Gasteiger partial charge in [0.1, 0.15) is 12.3 Å². The zero-order chi connectivity index (χ0) is 14.9. The van der Waals surface area contributed by atoms with E-state index in [0.29, 0.717) is 0 Å². The third kappa shape index (κ3) is 1.87. The van der Waals surface area contributed by atoms with Gasteiger partial charge in [-0.3, -0.25) is 0 Å². The zero-order valence-electron chi connectivity index (χ0n) is 12.0. The third-order valence-electron chi connectivity index (χ3n) is 3.98. The molecular weight excluding hydrogens is 266 g/mol. The van der Waals surface area contributed by atoms with E-state index in [4.69, 9.17) is 9.47 Å². The molecule has 0 aromatic heterocycles. The Hall–Kier alpha value is -2.17. The van der Waals surface area contributed by atoms with Crippen LogP contribution < -0.4 is 4.90 Å². The van der Waals surface area contributed by atoms with E-state index in [-0.39, 0.29) is 0 Å². The van der Waals surface area contributed by atoms with Crippen molar-refractivity contribution in [3.05, 3.63) is 60.2 Å². The predicted octanol–water partition coefficient (Wildman–Crippen LogP) is 2.85. The highest BCUT2D eigenvalue weighted by Crippen LogP contribution is 2.48. The number of benzene rings is 2. The van der Waals surface area contributed by atoms with Crippen LogP contribution in [0.3, 0.4) is 0 Å². The molecule has 4 nitrogen and oxygen atoms in total. The minimum atomic E-state index is -1.09. The van der Waals surface area contributed by atoms with E-state index in [9.17, 15) is 4.79 Å². The van der Waals surface area contributed by atoms with Gasteiger partial charge in [0.2, 0.25) is 5.79 Å². The topological polar surface area (TPSA) is 38.8 Å². The fraction of sp³-hybridized carbons (Fsp3) is 0.235. The van der Waals surface area contributed by atoms with Crippen molar-refractivity contribution in [1.29, 1.82) is 0 Å². The van der Waals surface area contributed by atoms with Crippen LogP contribution >= 0.6 is 0 Å². The summed E-state index contributed by atoms with van der Waals surface area (Å²) in [7, 11) is 3.12. The number of rotatable bonds is 4. The lowest BCUT2D eigenvalue weighted by Gasteiger charge is -2.33. The number of methoxy groups -OCH3 is 2. The summed E-state index contributed by atoms with van der Waals surface area (Å²) in [5, 5.41) is 0. The first-order valence-corrected chi connectivity index (χ1v) is 6.78. The zero-order valence-corrected chi connectivity index (χ0v) is 12.0. The minimum absolute atomic E-state index is 0.577. The van der Waals surface area contributed by atoms with Crippen LogP contribution in [-0.2, 0) is 20.1 Å². The average Bonchev–Trinajstić information content (AvgIpc) is 2.85. The number of ether oxygens (including phenoxy) is 2. The Labute approximate surface area is 123 Å². The highest BCUT2D eigenvalue weighted by Gasteiger charge is 2.53. The molecule has 4 heteroatoms. The molecule has 0 fully saturated rings. The van der Waals surface area contributed by atoms with Gasteiger partial charge < -0.3 is 19.2 Å². The molecule has 1 aliphatic heterocycles. The van der Waals surface area contributed by atoms with Crippen LogP contribution in [-0.4, -0.2) is 26.5 Å². The van der Waals surface area contributed by atoms with Crippen LogP contribution in [0.1, 0.15) is 5.56 Å². The van der Waals surface area contributed by atoms with E-state index >= 15 is 0 Å². The molecule has 21 heavy (non-hydrogen) atoms. The maximum atomic E-state index is 11.8. The van der Waals surface area contributed by atoms with Crippen molar-refractivity contribution in [2.45, 2.75) is 11.8 Å². The van der Waals surface area contributed by atoms with Crippen LogP contribution in [0.15, 0.2) is 54.6 Å². The maximum Gasteiger partial charge on any atom is 0.224 e. The van der Waals surface area contributed by atoms with Gasteiger partial charge >= 0.3 is 0 Å². The fourth-order valence-electron chi connectivity index (χ4n) is 3.04. The lowest BCUT2D eigenvalue weighted by atomic mass is 10.0. The number of fused-ring (bicyclic) bond motifs is 1. The number of aldehydes is 1. The van der Waals surface area contributed by atoms with Gasteiger partial charge in [-0.05, 0) is 18.2 Å². The van der Waals surface area contributed by atoms with Crippen LogP contribution in [0.25, 0.3) is 0 Å². The summed E-state index contributed by atoms with van der Waals surface area (Å²) in [5.41, 5.74) is 2.71. The Bertz CT molecular complexity index is 637. The number of hydrogen-bond donors (Lipinski definition) is 0. The predicted molar refractivity (Wildman–Crippen MR) is 80.6 cm³/mol. The molecular formula is C17H17NO3. The highest BCUT2D eigenvalue weighted by atomic mass is 16.7. The molecule has 0 N–H and O–H groups in total. The van der Waals surface area contributed by atoms with Gasteiger partial charge in [-0.15, -0.1) is 0 Å². The molecule has 0 bridgehead atoms. The minimum Gasteiger partial charge on any atom is -0.347 e. The van der Waals surface area contributed by atoms with E-state index < -0.39 is 11.8 Å². The second-order valence-corrected chi connectivity index (χ2v) is 4.88. The Morgan fingerprint density at radius 3 is 2.24 bits per heavy atom. The number of hydrogen-bond acceptors (Lipinski definition) is 4. The number of carbonyl (C=O) groups excluding carboxylic acids is 1. The highest BCUT2D eigenvalue weighted by molar-refractivity contribution is 5.83. The van der Waals surface area contributed by atoms with E-state index in [1.165, 1.54) is 0 Å².